The van der Waals surface area contributed by atoms with Crippen LogP contribution >= 0.6 is 0 Å². The summed E-state index contributed by atoms with van der Waals surface area (Å²) in [5, 5.41) is 8.31. The summed E-state index contributed by atoms with van der Waals surface area (Å²) in [7, 11) is 0. The monoisotopic (exact) mass is 403 g/mol. The molecule has 1 atom stereocenters. The number of aromatic nitrogens is 4. The molecule has 1 aromatic carbocycles. The second kappa shape index (κ2) is 8.08. The maximum Gasteiger partial charge on any atom is 0.270 e. The molecule has 3 heterocycles. The summed E-state index contributed by atoms with van der Waals surface area (Å²) in [6.45, 7) is 7.08. The van der Waals surface area contributed by atoms with E-state index in [0.717, 1.165) is 23.2 Å². The van der Waals surface area contributed by atoms with Crippen LogP contribution in [0.25, 0.3) is 28.6 Å². The quantitative estimate of drug-likeness (QED) is 0.665. The standard InChI is InChI=1S/C22H25N7O/c1-13(2)29-9-5-8-17(12-29)18-11-25-20(24)19(26-18)22-28-27-21(30-22)16-7-4-6-15(10-16)14(3)23/h4-8,10-14H,9,23H2,1-3H3,(H2,24,25). The highest BCUT2D eigenvalue weighted by atomic mass is 16.4. The van der Waals surface area contributed by atoms with Crippen LogP contribution in [-0.4, -0.2) is 37.7 Å². The van der Waals surface area contributed by atoms with Gasteiger partial charge in [-0.05, 0) is 38.5 Å². The molecule has 0 aliphatic carbocycles. The van der Waals surface area contributed by atoms with Crippen molar-refractivity contribution in [2.24, 2.45) is 5.73 Å². The van der Waals surface area contributed by atoms with Crippen molar-refractivity contribution in [1.82, 2.24) is 25.1 Å². The number of nitrogens with two attached hydrogens (primary N) is 2. The van der Waals surface area contributed by atoms with Crippen molar-refractivity contribution < 1.29 is 4.42 Å². The Labute approximate surface area is 175 Å². The van der Waals surface area contributed by atoms with Gasteiger partial charge < -0.3 is 20.8 Å². The summed E-state index contributed by atoms with van der Waals surface area (Å²) in [4.78, 5) is 11.2. The second-order valence-electron chi connectivity index (χ2n) is 7.59. The zero-order chi connectivity index (χ0) is 21.3. The minimum Gasteiger partial charge on any atom is -0.414 e. The van der Waals surface area contributed by atoms with Crippen molar-refractivity contribution in [1.29, 1.82) is 0 Å². The van der Waals surface area contributed by atoms with Crippen LogP contribution in [0.4, 0.5) is 5.82 Å². The topological polar surface area (TPSA) is 120 Å². The third-order valence-corrected chi connectivity index (χ3v) is 4.97. The van der Waals surface area contributed by atoms with Crippen molar-refractivity contribution in [3.8, 4) is 23.0 Å². The molecule has 0 spiro atoms. The molecule has 0 fully saturated rings. The van der Waals surface area contributed by atoms with Gasteiger partial charge in [-0.25, -0.2) is 9.97 Å². The number of rotatable bonds is 5. The van der Waals surface area contributed by atoms with Gasteiger partial charge in [-0.1, -0.05) is 24.3 Å². The third-order valence-electron chi connectivity index (χ3n) is 4.97. The minimum absolute atomic E-state index is 0.0900. The van der Waals surface area contributed by atoms with Gasteiger partial charge in [-0.15, -0.1) is 10.2 Å². The van der Waals surface area contributed by atoms with Crippen LogP contribution in [0.5, 0.6) is 0 Å². The van der Waals surface area contributed by atoms with Gasteiger partial charge in [0, 0.05) is 36.0 Å². The Bertz CT molecular complexity index is 1110. The second-order valence-corrected chi connectivity index (χ2v) is 7.59. The average molecular weight is 403 g/mol. The van der Waals surface area contributed by atoms with Gasteiger partial charge in [0.05, 0.1) is 11.9 Å². The zero-order valence-electron chi connectivity index (χ0n) is 17.3. The lowest BCUT2D eigenvalue weighted by Gasteiger charge is -2.27. The first-order chi connectivity index (χ1) is 14.4. The SMILES string of the molecule is CC(N)c1cccc(-c2nnc(-c3nc(C4=CN(C(C)C)CC=C4)cnc3N)o2)c1. The van der Waals surface area contributed by atoms with E-state index in [4.69, 9.17) is 15.9 Å². The van der Waals surface area contributed by atoms with E-state index in [2.05, 4.69) is 51.2 Å². The number of hydrogen-bond acceptors (Lipinski definition) is 8. The Morgan fingerprint density at radius 3 is 2.70 bits per heavy atom. The van der Waals surface area contributed by atoms with Crippen molar-refractivity contribution in [2.45, 2.75) is 32.9 Å². The summed E-state index contributed by atoms with van der Waals surface area (Å²) < 4.78 is 5.88. The van der Waals surface area contributed by atoms with Crippen LogP contribution in [0.3, 0.4) is 0 Å². The molecule has 4 N–H and O–H groups in total. The molecule has 8 nitrogen and oxygen atoms in total. The summed E-state index contributed by atoms with van der Waals surface area (Å²) in [5.41, 5.74) is 15.8. The van der Waals surface area contributed by atoms with E-state index in [-0.39, 0.29) is 17.8 Å². The lowest BCUT2D eigenvalue weighted by molar-refractivity contribution is 0.341. The highest BCUT2D eigenvalue weighted by Gasteiger charge is 2.18. The highest BCUT2D eigenvalue weighted by molar-refractivity contribution is 5.74. The van der Waals surface area contributed by atoms with E-state index >= 15 is 0 Å². The molecule has 1 aliphatic rings. The van der Waals surface area contributed by atoms with Gasteiger partial charge >= 0.3 is 0 Å². The van der Waals surface area contributed by atoms with Crippen molar-refractivity contribution in [3.63, 3.8) is 0 Å². The molecule has 154 valence electrons. The largest absolute Gasteiger partial charge is 0.414 e. The number of benzene rings is 1. The summed E-state index contributed by atoms with van der Waals surface area (Å²) >= 11 is 0. The van der Waals surface area contributed by atoms with Gasteiger partial charge in [-0.3, -0.25) is 0 Å². The number of allylic oxidation sites excluding steroid dienone is 2. The van der Waals surface area contributed by atoms with E-state index < -0.39 is 0 Å². The van der Waals surface area contributed by atoms with E-state index in [9.17, 15) is 0 Å². The Morgan fingerprint density at radius 2 is 1.93 bits per heavy atom. The van der Waals surface area contributed by atoms with Crippen LogP contribution in [0.1, 0.15) is 38.1 Å². The first kappa shape index (κ1) is 19.8. The van der Waals surface area contributed by atoms with E-state index in [0.29, 0.717) is 23.3 Å². The predicted octanol–water partition coefficient (Wildman–Crippen LogP) is 3.42. The molecular weight excluding hydrogens is 378 g/mol. The molecule has 4 rings (SSSR count). The first-order valence-electron chi connectivity index (χ1n) is 9.89. The fourth-order valence-electron chi connectivity index (χ4n) is 3.17. The lowest BCUT2D eigenvalue weighted by Crippen LogP contribution is -2.27. The maximum atomic E-state index is 6.07. The Balaban J connectivity index is 1.68. The fraction of sp³-hybridized carbons (Fsp3) is 0.273. The van der Waals surface area contributed by atoms with Gasteiger partial charge in [0.2, 0.25) is 5.89 Å². The van der Waals surface area contributed by atoms with Crippen LogP contribution in [-0.2, 0) is 0 Å². The summed E-state index contributed by atoms with van der Waals surface area (Å²) in [6, 6.07) is 8.00. The van der Waals surface area contributed by atoms with Crippen LogP contribution in [0.15, 0.2) is 53.2 Å². The molecule has 8 heteroatoms. The summed E-state index contributed by atoms with van der Waals surface area (Å²) in [5.74, 6) is 0.838. The van der Waals surface area contributed by atoms with Crippen LogP contribution in [0, 0.1) is 0 Å². The van der Waals surface area contributed by atoms with Gasteiger partial charge in [0.25, 0.3) is 5.89 Å². The molecule has 1 unspecified atom stereocenters. The summed E-state index contributed by atoms with van der Waals surface area (Å²) in [6.07, 6.45) is 7.86. The van der Waals surface area contributed by atoms with Crippen molar-refractivity contribution in [3.05, 3.63) is 60.1 Å². The van der Waals surface area contributed by atoms with E-state index in [1.54, 1.807) is 6.20 Å². The smallest absolute Gasteiger partial charge is 0.270 e. The fourth-order valence-corrected chi connectivity index (χ4v) is 3.17. The molecule has 0 bridgehead atoms. The van der Waals surface area contributed by atoms with Crippen LogP contribution < -0.4 is 11.5 Å². The van der Waals surface area contributed by atoms with Gasteiger partial charge in [0.1, 0.15) is 0 Å². The normalized spacial score (nSPS) is 14.8. The molecular formula is C22H25N7O. The lowest BCUT2D eigenvalue weighted by atomic mass is 10.1. The van der Waals surface area contributed by atoms with Crippen molar-refractivity contribution >= 4 is 11.4 Å². The Hall–Kier alpha value is -3.52. The maximum absolute atomic E-state index is 6.07. The molecule has 0 amide bonds. The minimum atomic E-state index is -0.0900. The molecule has 0 saturated carbocycles. The highest BCUT2D eigenvalue weighted by Crippen LogP contribution is 2.28. The average Bonchev–Trinajstić information content (AvgIpc) is 3.24. The van der Waals surface area contributed by atoms with Gasteiger partial charge in [0.15, 0.2) is 11.5 Å². The van der Waals surface area contributed by atoms with E-state index in [1.165, 1.54) is 0 Å². The number of nitrogens with zero attached hydrogens (tertiary/aromatic N) is 5. The molecule has 3 aromatic rings. The number of nitrogen functional groups attached to an aromatic ring is 1. The van der Waals surface area contributed by atoms with E-state index in [1.807, 2.05) is 37.3 Å². The molecule has 2 aromatic heterocycles. The Kier molecular flexibility index (Phi) is 5.33. The van der Waals surface area contributed by atoms with Gasteiger partial charge in [-0.2, -0.15) is 0 Å². The third kappa shape index (κ3) is 3.95. The molecule has 1 aliphatic heterocycles. The number of hydrogen-bond donors (Lipinski definition) is 2. The molecule has 0 radical (unpaired) electrons. The Morgan fingerprint density at radius 1 is 1.13 bits per heavy atom. The van der Waals surface area contributed by atoms with Crippen molar-refractivity contribution in [2.75, 3.05) is 12.3 Å². The first-order valence-corrected chi connectivity index (χ1v) is 9.89. The zero-order valence-corrected chi connectivity index (χ0v) is 17.3. The number of anilines is 1. The van der Waals surface area contributed by atoms with Crippen LogP contribution in [0.2, 0.25) is 0 Å². The molecule has 0 saturated heterocycles. The predicted molar refractivity (Wildman–Crippen MR) is 117 cm³/mol. The molecule has 30 heavy (non-hydrogen) atoms.